The van der Waals surface area contributed by atoms with Gasteiger partial charge in [-0.2, -0.15) is 5.10 Å². The number of nitrogens with zero attached hydrogens (tertiary/aromatic N) is 2. The quantitative estimate of drug-likeness (QED) is 0.898. The zero-order chi connectivity index (χ0) is 15.6. The predicted molar refractivity (Wildman–Crippen MR) is 82.7 cm³/mol. The summed E-state index contributed by atoms with van der Waals surface area (Å²) < 4.78 is 1.52. The summed E-state index contributed by atoms with van der Waals surface area (Å²) in [5, 5.41) is 17.9. The lowest BCUT2D eigenvalue weighted by Crippen LogP contribution is -2.44. The third-order valence-electron chi connectivity index (χ3n) is 4.14. The molecule has 6 heteroatoms. The first kappa shape index (κ1) is 16.3. The van der Waals surface area contributed by atoms with E-state index in [-0.39, 0.29) is 18.4 Å². The zero-order valence-corrected chi connectivity index (χ0v) is 13.7. The van der Waals surface area contributed by atoms with Crippen LogP contribution in [0, 0.1) is 0 Å². The van der Waals surface area contributed by atoms with E-state index in [1.54, 1.807) is 7.05 Å². The maximum atomic E-state index is 12.4. The first-order valence-electron chi connectivity index (χ1n) is 7.57. The Morgan fingerprint density at radius 3 is 2.62 bits per heavy atom. The van der Waals surface area contributed by atoms with Crippen LogP contribution in [0.3, 0.4) is 0 Å². The summed E-state index contributed by atoms with van der Waals surface area (Å²) in [6.07, 6.45) is 4.66. The Balaban J connectivity index is 2.10. The van der Waals surface area contributed by atoms with Gasteiger partial charge in [0.25, 0.3) is 5.91 Å². The van der Waals surface area contributed by atoms with Gasteiger partial charge >= 0.3 is 0 Å². The number of halogens is 1. The van der Waals surface area contributed by atoms with Crippen molar-refractivity contribution >= 4 is 17.5 Å². The molecule has 1 heterocycles. The van der Waals surface area contributed by atoms with Crippen molar-refractivity contribution in [1.82, 2.24) is 15.1 Å². The average Bonchev–Trinajstić information content (AvgIpc) is 2.74. The summed E-state index contributed by atoms with van der Waals surface area (Å²) >= 11 is 6.19. The Hall–Kier alpha value is -1.07. The van der Waals surface area contributed by atoms with E-state index in [2.05, 4.69) is 10.4 Å². The second-order valence-electron chi connectivity index (χ2n) is 6.30. The third kappa shape index (κ3) is 3.58. The molecule has 1 aliphatic carbocycles. The maximum absolute atomic E-state index is 12.4. The number of aromatic nitrogens is 2. The van der Waals surface area contributed by atoms with Gasteiger partial charge in [0.15, 0.2) is 0 Å². The molecule has 21 heavy (non-hydrogen) atoms. The number of amides is 1. The van der Waals surface area contributed by atoms with Crippen LogP contribution >= 0.6 is 11.6 Å². The van der Waals surface area contributed by atoms with Crippen molar-refractivity contribution in [2.24, 2.45) is 7.05 Å². The van der Waals surface area contributed by atoms with Gasteiger partial charge in [-0.15, -0.1) is 0 Å². The molecule has 5 nitrogen and oxygen atoms in total. The summed E-state index contributed by atoms with van der Waals surface area (Å²) in [6.45, 7) is 4.23. The number of carbonyl (C=O) groups excluding carboxylic acids is 1. The molecule has 1 aromatic rings. The van der Waals surface area contributed by atoms with Crippen molar-refractivity contribution in [2.75, 3.05) is 6.54 Å². The molecule has 1 fully saturated rings. The topological polar surface area (TPSA) is 67.2 Å². The first-order chi connectivity index (χ1) is 9.84. The Kier molecular flexibility index (Phi) is 4.94. The molecule has 1 amide bonds. The van der Waals surface area contributed by atoms with Gasteiger partial charge in [0.1, 0.15) is 5.15 Å². The fourth-order valence-electron chi connectivity index (χ4n) is 2.86. The molecule has 1 aromatic heterocycles. The molecule has 0 radical (unpaired) electrons. The minimum atomic E-state index is -0.777. The van der Waals surface area contributed by atoms with Gasteiger partial charge in [-0.05, 0) is 18.8 Å². The predicted octanol–water partition coefficient (Wildman–Crippen LogP) is 2.62. The fourth-order valence-corrected chi connectivity index (χ4v) is 3.08. The molecule has 0 bridgehead atoms. The van der Waals surface area contributed by atoms with E-state index in [1.165, 1.54) is 4.68 Å². The highest BCUT2D eigenvalue weighted by Gasteiger charge is 2.31. The Morgan fingerprint density at radius 1 is 1.43 bits per heavy atom. The van der Waals surface area contributed by atoms with E-state index >= 15 is 0 Å². The zero-order valence-electron chi connectivity index (χ0n) is 12.9. The molecule has 0 unspecified atom stereocenters. The Bertz CT molecular complexity index is 519. The minimum absolute atomic E-state index is 0.113. The largest absolute Gasteiger partial charge is 0.388 e. The number of nitrogens with one attached hydrogen (secondary N) is 1. The van der Waals surface area contributed by atoms with E-state index in [1.807, 2.05) is 13.8 Å². The van der Waals surface area contributed by atoms with Crippen LogP contribution in [0.4, 0.5) is 0 Å². The highest BCUT2D eigenvalue weighted by atomic mass is 35.5. The van der Waals surface area contributed by atoms with Gasteiger partial charge in [-0.25, -0.2) is 0 Å². The van der Waals surface area contributed by atoms with Gasteiger partial charge in [-0.3, -0.25) is 9.48 Å². The number of carbonyl (C=O) groups is 1. The summed E-state index contributed by atoms with van der Waals surface area (Å²) in [7, 11) is 1.72. The first-order valence-corrected chi connectivity index (χ1v) is 7.95. The lowest BCUT2D eigenvalue weighted by molar-refractivity contribution is 0.00524. The van der Waals surface area contributed by atoms with Crippen molar-refractivity contribution in [3.63, 3.8) is 0 Å². The molecule has 0 spiro atoms. The third-order valence-corrected chi connectivity index (χ3v) is 4.57. The maximum Gasteiger partial charge on any atom is 0.256 e. The number of aliphatic hydroxyl groups is 1. The van der Waals surface area contributed by atoms with Crippen LogP contribution in [-0.2, 0) is 7.05 Å². The summed E-state index contributed by atoms with van der Waals surface area (Å²) in [6, 6.07) is 0. The average molecular weight is 314 g/mol. The molecular weight excluding hydrogens is 290 g/mol. The van der Waals surface area contributed by atoms with Crippen molar-refractivity contribution in [1.29, 1.82) is 0 Å². The number of hydrogen-bond acceptors (Lipinski definition) is 3. The lowest BCUT2D eigenvalue weighted by Gasteiger charge is -2.32. The normalized spacial score (nSPS) is 18.0. The molecule has 1 aliphatic rings. The molecule has 118 valence electrons. The molecule has 0 saturated heterocycles. The molecular formula is C15H24ClN3O2. The highest BCUT2D eigenvalue weighted by Crippen LogP contribution is 2.28. The second-order valence-corrected chi connectivity index (χ2v) is 6.66. The minimum Gasteiger partial charge on any atom is -0.388 e. The second kappa shape index (κ2) is 6.36. The van der Waals surface area contributed by atoms with Gasteiger partial charge in [0, 0.05) is 13.6 Å². The van der Waals surface area contributed by atoms with Crippen LogP contribution in [0.25, 0.3) is 0 Å². The molecule has 0 aromatic carbocycles. The number of aryl methyl sites for hydroxylation is 1. The van der Waals surface area contributed by atoms with Crippen molar-refractivity contribution in [2.45, 2.75) is 57.5 Å². The van der Waals surface area contributed by atoms with Crippen molar-refractivity contribution in [3.8, 4) is 0 Å². The highest BCUT2D eigenvalue weighted by molar-refractivity contribution is 6.33. The van der Waals surface area contributed by atoms with Crippen LogP contribution in [0.15, 0.2) is 0 Å². The molecule has 2 rings (SSSR count). The van der Waals surface area contributed by atoms with Crippen LogP contribution < -0.4 is 5.32 Å². The van der Waals surface area contributed by atoms with E-state index in [0.29, 0.717) is 16.4 Å². The van der Waals surface area contributed by atoms with Crippen molar-refractivity contribution < 1.29 is 9.90 Å². The van der Waals surface area contributed by atoms with Crippen LogP contribution in [0.5, 0.6) is 0 Å². The molecule has 1 saturated carbocycles. The van der Waals surface area contributed by atoms with Crippen molar-refractivity contribution in [3.05, 3.63) is 16.4 Å². The van der Waals surface area contributed by atoms with E-state index < -0.39 is 5.60 Å². The van der Waals surface area contributed by atoms with E-state index in [0.717, 1.165) is 32.1 Å². The summed E-state index contributed by atoms with van der Waals surface area (Å²) in [5.41, 5.74) is 0.338. The summed E-state index contributed by atoms with van der Waals surface area (Å²) in [5.74, 6) is -0.141. The molecule has 2 N–H and O–H groups in total. The molecule has 0 atom stereocenters. The monoisotopic (exact) mass is 313 g/mol. The fraction of sp³-hybridized carbons (Fsp3) is 0.733. The van der Waals surface area contributed by atoms with Crippen LogP contribution in [0.1, 0.15) is 67.9 Å². The van der Waals surface area contributed by atoms with E-state index in [9.17, 15) is 9.90 Å². The Labute approximate surface area is 130 Å². The Morgan fingerprint density at radius 2 is 2.05 bits per heavy atom. The van der Waals surface area contributed by atoms with Crippen LogP contribution in [0.2, 0.25) is 5.15 Å². The SMILES string of the molecule is CC(C)c1nn(C)c(Cl)c1C(=O)NCC1(O)CCCCC1. The van der Waals surface area contributed by atoms with E-state index in [4.69, 9.17) is 11.6 Å². The van der Waals surface area contributed by atoms with Gasteiger partial charge in [0.2, 0.25) is 0 Å². The smallest absolute Gasteiger partial charge is 0.256 e. The van der Waals surface area contributed by atoms with Crippen LogP contribution in [-0.4, -0.2) is 32.9 Å². The number of hydrogen-bond donors (Lipinski definition) is 2. The standard InChI is InChI=1S/C15H24ClN3O2/c1-10(2)12-11(13(16)19(3)18-12)14(20)17-9-15(21)7-5-4-6-8-15/h10,21H,4-9H2,1-3H3,(H,17,20). The lowest BCUT2D eigenvalue weighted by atomic mass is 9.85. The summed E-state index contributed by atoms with van der Waals surface area (Å²) in [4.78, 5) is 12.4. The van der Waals surface area contributed by atoms with Gasteiger partial charge in [0.05, 0.1) is 16.9 Å². The van der Waals surface area contributed by atoms with Gasteiger partial charge < -0.3 is 10.4 Å². The van der Waals surface area contributed by atoms with Gasteiger partial charge in [-0.1, -0.05) is 44.7 Å². The number of rotatable bonds is 4. The molecule has 0 aliphatic heterocycles.